The Kier molecular flexibility index (Phi) is 10.3. The quantitative estimate of drug-likeness (QED) is 0.222. The molecule has 7 nitrogen and oxygen atoms in total. The first kappa shape index (κ1) is 33.3. The molecule has 0 aliphatic heterocycles. The van der Waals surface area contributed by atoms with Crippen LogP contribution in [0.2, 0.25) is 0 Å². The summed E-state index contributed by atoms with van der Waals surface area (Å²) in [7, 11) is -3.10. The molecular weight excluding hydrogens is 603 g/mol. The molecule has 4 aromatic carbocycles. The van der Waals surface area contributed by atoms with E-state index in [1.807, 2.05) is 25.1 Å². The fraction of sp³-hybridized carbons (Fsp3) is 0.235. The smallest absolute Gasteiger partial charge is 0.357 e. The molecule has 11 heteroatoms. The molecule has 45 heavy (non-hydrogen) atoms. The summed E-state index contributed by atoms with van der Waals surface area (Å²) in [4.78, 5) is 28.7. The lowest BCUT2D eigenvalue weighted by atomic mass is 10.0. The van der Waals surface area contributed by atoms with Crippen molar-refractivity contribution in [1.82, 2.24) is 10.2 Å². The summed E-state index contributed by atoms with van der Waals surface area (Å²) < 4.78 is 69.8. The molecule has 4 rings (SSSR count). The summed E-state index contributed by atoms with van der Waals surface area (Å²) in [6.45, 7) is 2.76. The van der Waals surface area contributed by atoms with E-state index >= 15 is 0 Å². The van der Waals surface area contributed by atoms with E-state index in [9.17, 15) is 31.2 Å². The summed E-state index contributed by atoms with van der Waals surface area (Å²) >= 11 is 0. The van der Waals surface area contributed by atoms with E-state index in [0.717, 1.165) is 28.8 Å². The predicted molar refractivity (Wildman–Crippen MR) is 167 cm³/mol. The highest BCUT2D eigenvalue weighted by Crippen LogP contribution is 2.33. The molecule has 0 saturated carbocycles. The van der Waals surface area contributed by atoms with E-state index in [1.54, 1.807) is 55.5 Å². The van der Waals surface area contributed by atoms with E-state index < -0.39 is 46.2 Å². The van der Waals surface area contributed by atoms with Gasteiger partial charge in [0.1, 0.15) is 12.6 Å². The SMILES string of the molecule is CNC(=O)[C@@H](Cc1ccccc1)N(Cc1ccc(C)cc1)C(=O)CN(c1cccc(C(F)(F)F)c1)S(=O)(=O)c1ccc(C)cc1. The number of carbonyl (C=O) groups excluding carboxylic acids is 2. The lowest BCUT2D eigenvalue weighted by molar-refractivity contribution is -0.139. The monoisotopic (exact) mass is 637 g/mol. The van der Waals surface area contributed by atoms with Gasteiger partial charge < -0.3 is 10.2 Å². The summed E-state index contributed by atoms with van der Waals surface area (Å²) in [5.41, 5.74) is 1.78. The van der Waals surface area contributed by atoms with Crippen molar-refractivity contribution in [2.45, 2.75) is 43.9 Å². The lowest BCUT2D eigenvalue weighted by Gasteiger charge is -2.33. The minimum Gasteiger partial charge on any atom is -0.357 e. The number of nitrogens with one attached hydrogen (secondary N) is 1. The number of amides is 2. The van der Waals surface area contributed by atoms with E-state index in [2.05, 4.69) is 5.32 Å². The van der Waals surface area contributed by atoms with Crippen LogP contribution in [0.25, 0.3) is 0 Å². The summed E-state index contributed by atoms with van der Waals surface area (Å²) in [5, 5.41) is 2.60. The van der Waals surface area contributed by atoms with Crippen LogP contribution in [0.3, 0.4) is 0 Å². The van der Waals surface area contributed by atoms with Gasteiger partial charge in [-0.15, -0.1) is 0 Å². The Bertz CT molecular complexity index is 1730. The zero-order chi connectivity index (χ0) is 32.8. The van der Waals surface area contributed by atoms with Gasteiger partial charge in [0.2, 0.25) is 11.8 Å². The third-order valence-corrected chi connectivity index (χ3v) is 9.13. The minimum atomic E-state index is -4.75. The van der Waals surface area contributed by atoms with Crippen molar-refractivity contribution in [3.63, 3.8) is 0 Å². The van der Waals surface area contributed by atoms with Crippen molar-refractivity contribution in [1.29, 1.82) is 0 Å². The Morgan fingerprint density at radius 2 is 1.40 bits per heavy atom. The van der Waals surface area contributed by atoms with Crippen LogP contribution in [-0.2, 0) is 38.8 Å². The van der Waals surface area contributed by atoms with Crippen LogP contribution in [0.1, 0.15) is 27.8 Å². The molecule has 0 saturated heterocycles. The topological polar surface area (TPSA) is 86.8 Å². The van der Waals surface area contributed by atoms with Crippen LogP contribution in [-0.4, -0.2) is 44.8 Å². The number of anilines is 1. The van der Waals surface area contributed by atoms with Crippen molar-refractivity contribution >= 4 is 27.5 Å². The van der Waals surface area contributed by atoms with Crippen LogP contribution in [0, 0.1) is 13.8 Å². The molecule has 0 radical (unpaired) electrons. The molecule has 0 unspecified atom stereocenters. The van der Waals surface area contributed by atoms with Gasteiger partial charge in [-0.2, -0.15) is 13.2 Å². The van der Waals surface area contributed by atoms with Crippen LogP contribution in [0.15, 0.2) is 108 Å². The average molecular weight is 638 g/mol. The molecule has 0 aliphatic carbocycles. The number of hydrogen-bond acceptors (Lipinski definition) is 4. The first-order valence-electron chi connectivity index (χ1n) is 14.2. The summed E-state index contributed by atoms with van der Waals surface area (Å²) in [6.07, 6.45) is -4.64. The molecule has 0 aromatic heterocycles. The second-order valence-electron chi connectivity index (χ2n) is 10.7. The number of sulfonamides is 1. The Morgan fingerprint density at radius 3 is 1.98 bits per heavy atom. The van der Waals surface area contributed by atoms with Gasteiger partial charge in [0.15, 0.2) is 0 Å². The fourth-order valence-electron chi connectivity index (χ4n) is 4.81. The highest BCUT2D eigenvalue weighted by Gasteiger charge is 2.36. The van der Waals surface area contributed by atoms with Gasteiger partial charge in [-0.1, -0.05) is 83.9 Å². The van der Waals surface area contributed by atoms with E-state index in [1.165, 1.54) is 30.1 Å². The van der Waals surface area contributed by atoms with Crippen LogP contribution in [0.4, 0.5) is 18.9 Å². The van der Waals surface area contributed by atoms with Crippen molar-refractivity contribution < 1.29 is 31.2 Å². The van der Waals surface area contributed by atoms with Gasteiger partial charge in [0, 0.05) is 20.0 Å². The van der Waals surface area contributed by atoms with Gasteiger partial charge in [-0.05, 0) is 55.3 Å². The number of nitrogens with zero attached hydrogens (tertiary/aromatic N) is 2. The maximum atomic E-state index is 14.3. The minimum absolute atomic E-state index is 0.0506. The number of hydrogen-bond donors (Lipinski definition) is 1. The number of halogens is 3. The zero-order valence-electron chi connectivity index (χ0n) is 25.1. The summed E-state index contributed by atoms with van der Waals surface area (Å²) in [5.74, 6) is -1.25. The second-order valence-corrected chi connectivity index (χ2v) is 12.6. The third-order valence-electron chi connectivity index (χ3n) is 7.34. The van der Waals surface area contributed by atoms with Crippen molar-refractivity contribution in [2.75, 3.05) is 17.9 Å². The number of carbonyl (C=O) groups is 2. The largest absolute Gasteiger partial charge is 0.416 e. The Labute approximate surface area is 261 Å². The number of likely N-dealkylation sites (N-methyl/N-ethyl adjacent to an activating group) is 1. The van der Waals surface area contributed by atoms with Crippen LogP contribution >= 0.6 is 0 Å². The standard InChI is InChI=1S/C34H34F3N3O4S/c1-24-12-16-27(17-13-24)22-39(31(33(42)38-3)20-26-8-5-4-6-9-26)32(41)23-40(29-11-7-10-28(21-29)34(35,36)37)45(43,44)30-18-14-25(2)15-19-30/h4-19,21,31H,20,22-23H2,1-3H3,(H,38,42)/t31-/m1/s1. The first-order valence-corrected chi connectivity index (χ1v) is 15.6. The lowest BCUT2D eigenvalue weighted by Crippen LogP contribution is -2.53. The van der Waals surface area contributed by atoms with Crippen molar-refractivity contribution in [3.8, 4) is 0 Å². The van der Waals surface area contributed by atoms with Gasteiger partial charge in [-0.3, -0.25) is 13.9 Å². The van der Waals surface area contributed by atoms with Crippen LogP contribution in [0.5, 0.6) is 0 Å². The first-order chi connectivity index (χ1) is 21.3. The molecule has 2 amide bonds. The Balaban J connectivity index is 1.82. The summed E-state index contributed by atoms with van der Waals surface area (Å²) in [6, 6.07) is 24.9. The highest BCUT2D eigenvalue weighted by atomic mass is 32.2. The molecule has 0 heterocycles. The number of alkyl halides is 3. The van der Waals surface area contributed by atoms with Crippen molar-refractivity contribution in [2.24, 2.45) is 0 Å². The van der Waals surface area contributed by atoms with Crippen LogP contribution < -0.4 is 9.62 Å². The molecule has 0 bridgehead atoms. The maximum Gasteiger partial charge on any atom is 0.416 e. The Hall–Kier alpha value is -4.64. The predicted octanol–water partition coefficient (Wildman–Crippen LogP) is 5.90. The molecule has 1 N–H and O–H groups in total. The maximum absolute atomic E-state index is 14.3. The van der Waals surface area contributed by atoms with E-state index in [-0.39, 0.29) is 23.5 Å². The zero-order valence-corrected chi connectivity index (χ0v) is 25.9. The van der Waals surface area contributed by atoms with Crippen molar-refractivity contribution in [3.05, 3.63) is 131 Å². The molecule has 0 spiro atoms. The molecule has 1 atom stereocenters. The second kappa shape index (κ2) is 14.0. The fourth-order valence-corrected chi connectivity index (χ4v) is 6.22. The van der Waals surface area contributed by atoms with Gasteiger partial charge >= 0.3 is 6.18 Å². The third kappa shape index (κ3) is 8.30. The van der Waals surface area contributed by atoms with E-state index in [0.29, 0.717) is 15.9 Å². The number of benzene rings is 4. The molecule has 236 valence electrons. The van der Waals surface area contributed by atoms with E-state index in [4.69, 9.17) is 0 Å². The van der Waals surface area contributed by atoms with Gasteiger partial charge in [-0.25, -0.2) is 8.42 Å². The normalized spacial score (nSPS) is 12.3. The molecule has 0 aliphatic rings. The molecular formula is C34H34F3N3O4S. The Morgan fingerprint density at radius 1 is 0.800 bits per heavy atom. The highest BCUT2D eigenvalue weighted by molar-refractivity contribution is 7.92. The average Bonchev–Trinajstić information content (AvgIpc) is 3.02. The van der Waals surface area contributed by atoms with Gasteiger partial charge in [0.25, 0.3) is 10.0 Å². The number of aryl methyl sites for hydroxylation is 2. The number of rotatable bonds is 11. The molecule has 0 fully saturated rings. The van der Waals surface area contributed by atoms with Gasteiger partial charge in [0.05, 0.1) is 16.1 Å². The molecule has 4 aromatic rings.